The molecule has 0 radical (unpaired) electrons. The minimum absolute atomic E-state index is 0.109. The quantitative estimate of drug-likeness (QED) is 0.727. The third kappa shape index (κ3) is 3.05. The lowest BCUT2D eigenvalue weighted by Gasteiger charge is -2.18. The van der Waals surface area contributed by atoms with Crippen LogP contribution < -0.4 is 0 Å². The number of likely N-dealkylation sites (tertiary alicyclic amines) is 1. The Kier molecular flexibility index (Phi) is 4.37. The Labute approximate surface area is 153 Å². The molecule has 1 saturated heterocycles. The van der Waals surface area contributed by atoms with Crippen molar-refractivity contribution in [1.29, 1.82) is 0 Å². The summed E-state index contributed by atoms with van der Waals surface area (Å²) in [5.74, 6) is 1.49. The highest BCUT2D eigenvalue weighted by molar-refractivity contribution is 5.93. The molecule has 0 bridgehead atoms. The minimum Gasteiger partial charge on any atom is -0.347 e. The number of carbonyl (C=O) groups excluding carboxylic acids is 1. The van der Waals surface area contributed by atoms with Crippen molar-refractivity contribution in [3.05, 3.63) is 77.6 Å². The fourth-order valence-corrected chi connectivity index (χ4v) is 3.78. The number of amides is 1. The van der Waals surface area contributed by atoms with Crippen molar-refractivity contribution in [2.45, 2.75) is 25.8 Å². The van der Waals surface area contributed by atoms with E-state index in [4.69, 9.17) is 0 Å². The van der Waals surface area contributed by atoms with Crippen molar-refractivity contribution in [1.82, 2.24) is 19.0 Å². The molecule has 0 saturated carbocycles. The van der Waals surface area contributed by atoms with Crippen LogP contribution in [0.5, 0.6) is 0 Å². The first-order valence-corrected chi connectivity index (χ1v) is 9.10. The topological polar surface area (TPSA) is 43.1 Å². The van der Waals surface area contributed by atoms with Gasteiger partial charge < -0.3 is 14.0 Å². The van der Waals surface area contributed by atoms with Gasteiger partial charge in [-0.1, -0.05) is 30.3 Å². The highest BCUT2D eigenvalue weighted by atomic mass is 16.2. The Morgan fingerprint density at radius 1 is 1.19 bits per heavy atom. The minimum atomic E-state index is 0.109. The second-order valence-electron chi connectivity index (χ2n) is 7.07. The fourth-order valence-electron chi connectivity index (χ4n) is 3.78. The molecule has 1 amide bonds. The molecule has 1 aliphatic heterocycles. The lowest BCUT2D eigenvalue weighted by atomic mass is 10.1. The Morgan fingerprint density at radius 3 is 2.73 bits per heavy atom. The third-order valence-corrected chi connectivity index (χ3v) is 5.27. The Balaban J connectivity index is 1.53. The van der Waals surface area contributed by atoms with E-state index in [-0.39, 0.29) is 11.8 Å². The SMILES string of the molecule is Cc1cnc(C2CCN(C(=O)c3cccn3C)C2)n1Cc1ccccc1. The average molecular weight is 348 g/mol. The second-order valence-corrected chi connectivity index (χ2v) is 7.07. The van der Waals surface area contributed by atoms with Crippen LogP contribution in [0.2, 0.25) is 0 Å². The zero-order chi connectivity index (χ0) is 18.1. The van der Waals surface area contributed by atoms with Gasteiger partial charge in [-0.25, -0.2) is 4.98 Å². The number of hydrogen-bond acceptors (Lipinski definition) is 2. The molecule has 3 aromatic rings. The molecular weight excluding hydrogens is 324 g/mol. The molecule has 1 aromatic carbocycles. The van der Waals surface area contributed by atoms with E-state index in [0.717, 1.165) is 43.3 Å². The maximum Gasteiger partial charge on any atom is 0.270 e. The standard InChI is InChI=1S/C21H24N4O/c1-16-13-22-20(25(16)14-17-7-4-3-5-8-17)18-10-12-24(15-18)21(26)19-9-6-11-23(19)2/h3-9,11,13,18H,10,12,14-15H2,1-2H3. The van der Waals surface area contributed by atoms with Crippen LogP contribution in [0, 0.1) is 6.92 Å². The summed E-state index contributed by atoms with van der Waals surface area (Å²) in [6, 6.07) is 14.3. The van der Waals surface area contributed by atoms with E-state index in [2.05, 4.69) is 40.7 Å². The van der Waals surface area contributed by atoms with Gasteiger partial charge in [-0.05, 0) is 31.0 Å². The van der Waals surface area contributed by atoms with Gasteiger partial charge in [-0.2, -0.15) is 0 Å². The Hall–Kier alpha value is -2.82. The summed E-state index contributed by atoms with van der Waals surface area (Å²) in [6.07, 6.45) is 4.82. The number of carbonyl (C=O) groups is 1. The number of imidazole rings is 1. The summed E-state index contributed by atoms with van der Waals surface area (Å²) in [5, 5.41) is 0. The summed E-state index contributed by atoms with van der Waals surface area (Å²) >= 11 is 0. The van der Waals surface area contributed by atoms with Gasteiger partial charge in [0.05, 0.1) is 0 Å². The van der Waals surface area contributed by atoms with E-state index in [9.17, 15) is 4.79 Å². The average Bonchev–Trinajstić information content (AvgIpc) is 3.37. The highest BCUT2D eigenvalue weighted by Crippen LogP contribution is 2.28. The molecule has 1 atom stereocenters. The monoisotopic (exact) mass is 348 g/mol. The van der Waals surface area contributed by atoms with Gasteiger partial charge in [-0.3, -0.25) is 4.79 Å². The van der Waals surface area contributed by atoms with Crippen molar-refractivity contribution >= 4 is 5.91 Å². The lowest BCUT2D eigenvalue weighted by molar-refractivity contribution is 0.0781. The van der Waals surface area contributed by atoms with E-state index >= 15 is 0 Å². The number of aromatic nitrogens is 3. The van der Waals surface area contributed by atoms with E-state index in [1.165, 1.54) is 5.56 Å². The van der Waals surface area contributed by atoms with E-state index < -0.39 is 0 Å². The summed E-state index contributed by atoms with van der Waals surface area (Å²) in [6.45, 7) is 4.44. The van der Waals surface area contributed by atoms with Gasteiger partial charge in [0.1, 0.15) is 11.5 Å². The van der Waals surface area contributed by atoms with Crippen molar-refractivity contribution in [3.63, 3.8) is 0 Å². The molecule has 1 unspecified atom stereocenters. The number of rotatable bonds is 4. The van der Waals surface area contributed by atoms with Gasteiger partial charge in [0.2, 0.25) is 0 Å². The van der Waals surface area contributed by atoms with Crippen LogP contribution in [0.25, 0.3) is 0 Å². The van der Waals surface area contributed by atoms with Gasteiger partial charge in [0.25, 0.3) is 5.91 Å². The van der Waals surface area contributed by atoms with E-state index in [1.54, 1.807) is 0 Å². The van der Waals surface area contributed by atoms with Crippen LogP contribution in [-0.2, 0) is 13.6 Å². The van der Waals surface area contributed by atoms with E-state index in [0.29, 0.717) is 0 Å². The summed E-state index contributed by atoms with van der Waals surface area (Å²) in [5.41, 5.74) is 3.18. The molecule has 4 rings (SSSR count). The normalized spacial score (nSPS) is 17.0. The van der Waals surface area contributed by atoms with Crippen molar-refractivity contribution < 1.29 is 4.79 Å². The maximum absolute atomic E-state index is 12.8. The fraction of sp³-hybridized carbons (Fsp3) is 0.333. The molecule has 1 aliphatic rings. The molecule has 134 valence electrons. The smallest absolute Gasteiger partial charge is 0.270 e. The van der Waals surface area contributed by atoms with Crippen LogP contribution in [-0.4, -0.2) is 38.0 Å². The van der Waals surface area contributed by atoms with Gasteiger partial charge in [0.15, 0.2) is 0 Å². The molecule has 5 nitrogen and oxygen atoms in total. The Bertz CT molecular complexity index is 909. The third-order valence-electron chi connectivity index (χ3n) is 5.27. The molecular formula is C21H24N4O. The van der Waals surface area contributed by atoms with Crippen molar-refractivity contribution in [3.8, 4) is 0 Å². The van der Waals surface area contributed by atoms with Gasteiger partial charge in [-0.15, -0.1) is 0 Å². The first kappa shape index (κ1) is 16.6. The molecule has 1 fully saturated rings. The molecule has 0 N–H and O–H groups in total. The van der Waals surface area contributed by atoms with E-state index in [1.807, 2.05) is 47.1 Å². The molecule has 26 heavy (non-hydrogen) atoms. The number of nitrogens with zero attached hydrogens (tertiary/aromatic N) is 4. The predicted molar refractivity (Wildman–Crippen MR) is 101 cm³/mol. The number of aryl methyl sites for hydroxylation is 2. The van der Waals surface area contributed by atoms with Crippen molar-refractivity contribution in [2.75, 3.05) is 13.1 Å². The maximum atomic E-state index is 12.8. The van der Waals surface area contributed by atoms with Crippen LogP contribution in [0.15, 0.2) is 54.9 Å². The second kappa shape index (κ2) is 6.83. The van der Waals surface area contributed by atoms with Gasteiger partial charge >= 0.3 is 0 Å². The summed E-state index contributed by atoms with van der Waals surface area (Å²) < 4.78 is 4.17. The Morgan fingerprint density at radius 2 is 2.00 bits per heavy atom. The van der Waals surface area contributed by atoms with Crippen molar-refractivity contribution in [2.24, 2.45) is 7.05 Å². The van der Waals surface area contributed by atoms with Crippen LogP contribution >= 0.6 is 0 Å². The zero-order valence-electron chi connectivity index (χ0n) is 15.3. The summed E-state index contributed by atoms with van der Waals surface area (Å²) in [7, 11) is 1.91. The summed E-state index contributed by atoms with van der Waals surface area (Å²) in [4.78, 5) is 19.4. The highest BCUT2D eigenvalue weighted by Gasteiger charge is 2.31. The van der Waals surface area contributed by atoms with Crippen LogP contribution in [0.4, 0.5) is 0 Å². The molecule has 0 spiro atoms. The first-order valence-electron chi connectivity index (χ1n) is 9.10. The first-order chi connectivity index (χ1) is 12.6. The lowest BCUT2D eigenvalue weighted by Crippen LogP contribution is -2.30. The van der Waals surface area contributed by atoms with Crippen LogP contribution in [0.1, 0.15) is 39.9 Å². The predicted octanol–water partition coefficient (Wildman–Crippen LogP) is 3.21. The molecule has 5 heteroatoms. The molecule has 3 heterocycles. The largest absolute Gasteiger partial charge is 0.347 e. The molecule has 0 aliphatic carbocycles. The van der Waals surface area contributed by atoms with Gasteiger partial charge in [0, 0.05) is 50.7 Å². The zero-order valence-corrected chi connectivity index (χ0v) is 15.3. The van der Waals surface area contributed by atoms with Crippen LogP contribution in [0.3, 0.4) is 0 Å². The number of hydrogen-bond donors (Lipinski definition) is 0. The number of benzene rings is 1. The molecule has 2 aromatic heterocycles.